The Kier molecular flexibility index (Phi) is 2.13. The summed E-state index contributed by atoms with van der Waals surface area (Å²) < 4.78 is 8.18. The lowest BCUT2D eigenvalue weighted by Gasteiger charge is -2.29. The largest absolute Gasteiger partial charge is 0.469 e. The SMILES string of the molecule is Cn1c2c(c3ccccc31)C(c1ccco1)C1C=CC2C1. The summed E-state index contributed by atoms with van der Waals surface area (Å²) >= 11 is 0. The molecule has 2 heteroatoms. The quantitative estimate of drug-likeness (QED) is 0.595. The average Bonchev–Trinajstić information content (AvgIpc) is 3.22. The molecule has 2 aliphatic rings. The topological polar surface area (TPSA) is 18.1 Å². The van der Waals surface area contributed by atoms with Gasteiger partial charge < -0.3 is 8.98 Å². The first-order valence-electron chi connectivity index (χ1n) is 7.63. The van der Waals surface area contributed by atoms with E-state index >= 15 is 0 Å². The summed E-state index contributed by atoms with van der Waals surface area (Å²) in [6, 6.07) is 12.9. The van der Waals surface area contributed by atoms with Crippen molar-refractivity contribution >= 4 is 10.9 Å². The summed E-state index contributed by atoms with van der Waals surface area (Å²) in [5.41, 5.74) is 4.29. The average molecular weight is 275 g/mol. The molecule has 0 amide bonds. The maximum atomic E-state index is 5.80. The second-order valence-electron chi connectivity index (χ2n) is 6.26. The number of para-hydroxylation sites is 1. The van der Waals surface area contributed by atoms with Crippen LogP contribution in [0.25, 0.3) is 10.9 Å². The first-order chi connectivity index (χ1) is 10.3. The second kappa shape index (κ2) is 3.91. The summed E-state index contributed by atoms with van der Waals surface area (Å²) in [6.07, 6.45) is 7.80. The molecule has 3 aromatic rings. The predicted molar refractivity (Wildman–Crippen MR) is 83.5 cm³/mol. The maximum absolute atomic E-state index is 5.80. The summed E-state index contributed by atoms with van der Waals surface area (Å²) in [5.74, 6) is 2.59. The number of benzene rings is 1. The van der Waals surface area contributed by atoms with Crippen molar-refractivity contribution in [2.45, 2.75) is 18.3 Å². The van der Waals surface area contributed by atoms with Crippen molar-refractivity contribution in [2.75, 3.05) is 0 Å². The Morgan fingerprint density at radius 2 is 2.00 bits per heavy atom. The van der Waals surface area contributed by atoms with Gasteiger partial charge in [0, 0.05) is 29.6 Å². The molecule has 2 aliphatic carbocycles. The van der Waals surface area contributed by atoms with Crippen LogP contribution in [0, 0.1) is 5.92 Å². The third kappa shape index (κ3) is 1.37. The van der Waals surface area contributed by atoms with E-state index in [0.717, 1.165) is 5.76 Å². The number of aromatic nitrogens is 1. The third-order valence-electron chi connectivity index (χ3n) is 5.25. The Morgan fingerprint density at radius 3 is 2.86 bits per heavy atom. The minimum Gasteiger partial charge on any atom is -0.469 e. The Labute approximate surface area is 123 Å². The molecule has 2 aromatic heterocycles. The molecule has 104 valence electrons. The van der Waals surface area contributed by atoms with Crippen molar-refractivity contribution < 1.29 is 4.42 Å². The molecule has 1 aromatic carbocycles. The van der Waals surface area contributed by atoms with Crippen molar-refractivity contribution in [3.05, 3.63) is 71.8 Å². The van der Waals surface area contributed by atoms with E-state index in [9.17, 15) is 0 Å². The van der Waals surface area contributed by atoms with Crippen LogP contribution in [0.5, 0.6) is 0 Å². The van der Waals surface area contributed by atoms with Crippen LogP contribution in [0.1, 0.15) is 35.3 Å². The van der Waals surface area contributed by atoms with Crippen molar-refractivity contribution in [3.8, 4) is 0 Å². The van der Waals surface area contributed by atoms with E-state index in [1.54, 1.807) is 6.26 Å². The number of fused-ring (bicyclic) bond motifs is 6. The molecule has 21 heavy (non-hydrogen) atoms. The van der Waals surface area contributed by atoms with Gasteiger partial charge in [-0.15, -0.1) is 0 Å². The second-order valence-corrected chi connectivity index (χ2v) is 6.26. The maximum Gasteiger partial charge on any atom is 0.111 e. The number of rotatable bonds is 1. The normalized spacial score (nSPS) is 26.4. The highest BCUT2D eigenvalue weighted by Crippen LogP contribution is 2.53. The predicted octanol–water partition coefficient (Wildman–Crippen LogP) is 4.58. The Bertz CT molecular complexity index is 853. The zero-order chi connectivity index (χ0) is 14.0. The number of hydrogen-bond acceptors (Lipinski definition) is 1. The van der Waals surface area contributed by atoms with E-state index in [0.29, 0.717) is 17.8 Å². The summed E-state index contributed by atoms with van der Waals surface area (Å²) in [6.45, 7) is 0. The Hall–Kier alpha value is -2.22. The zero-order valence-corrected chi connectivity index (χ0v) is 12.0. The first-order valence-corrected chi connectivity index (χ1v) is 7.63. The molecule has 0 N–H and O–H groups in total. The molecule has 0 fully saturated rings. The van der Waals surface area contributed by atoms with Crippen molar-refractivity contribution in [1.82, 2.24) is 4.57 Å². The van der Waals surface area contributed by atoms with Gasteiger partial charge in [0.25, 0.3) is 0 Å². The van der Waals surface area contributed by atoms with Crippen LogP contribution >= 0.6 is 0 Å². The smallest absolute Gasteiger partial charge is 0.111 e. The molecule has 0 saturated heterocycles. The number of furan rings is 1. The fourth-order valence-corrected chi connectivity index (χ4v) is 4.43. The van der Waals surface area contributed by atoms with Gasteiger partial charge >= 0.3 is 0 Å². The van der Waals surface area contributed by atoms with Crippen LogP contribution in [0.15, 0.2) is 59.2 Å². The molecule has 0 aliphatic heterocycles. The highest BCUT2D eigenvalue weighted by atomic mass is 16.3. The minimum atomic E-state index is 0.357. The van der Waals surface area contributed by atoms with Gasteiger partial charge in [-0.3, -0.25) is 0 Å². The van der Waals surface area contributed by atoms with Crippen molar-refractivity contribution in [3.63, 3.8) is 0 Å². The summed E-state index contributed by atoms with van der Waals surface area (Å²) in [5, 5.41) is 1.38. The van der Waals surface area contributed by atoms with Gasteiger partial charge in [0.1, 0.15) is 5.76 Å². The third-order valence-corrected chi connectivity index (χ3v) is 5.25. The number of aryl methyl sites for hydroxylation is 1. The van der Waals surface area contributed by atoms with Crippen molar-refractivity contribution in [1.29, 1.82) is 0 Å². The molecule has 5 rings (SSSR count). The molecular weight excluding hydrogens is 258 g/mol. The highest BCUT2D eigenvalue weighted by molar-refractivity contribution is 5.87. The fraction of sp³-hybridized carbons (Fsp3) is 0.263. The van der Waals surface area contributed by atoms with Crippen LogP contribution in [-0.4, -0.2) is 4.57 Å². The van der Waals surface area contributed by atoms with E-state index in [1.165, 1.54) is 28.6 Å². The van der Waals surface area contributed by atoms with E-state index < -0.39 is 0 Å². The first kappa shape index (κ1) is 11.4. The number of allylic oxidation sites excluding steroid dienone is 2. The number of hydrogen-bond donors (Lipinski definition) is 0. The molecule has 2 heterocycles. The summed E-state index contributed by atoms with van der Waals surface area (Å²) in [7, 11) is 2.20. The van der Waals surface area contributed by atoms with Gasteiger partial charge in [-0.1, -0.05) is 30.4 Å². The minimum absolute atomic E-state index is 0.357. The van der Waals surface area contributed by atoms with Gasteiger partial charge in [-0.2, -0.15) is 0 Å². The molecular formula is C19H17NO. The molecule has 0 saturated carbocycles. The molecule has 0 spiro atoms. The van der Waals surface area contributed by atoms with Crippen LogP contribution < -0.4 is 0 Å². The summed E-state index contributed by atoms with van der Waals surface area (Å²) in [4.78, 5) is 0. The van der Waals surface area contributed by atoms with Crippen LogP contribution in [0.3, 0.4) is 0 Å². The molecule has 0 radical (unpaired) electrons. The van der Waals surface area contributed by atoms with E-state index in [2.05, 4.69) is 54.1 Å². The van der Waals surface area contributed by atoms with Gasteiger partial charge in [0.05, 0.1) is 12.2 Å². The molecule has 2 bridgehead atoms. The zero-order valence-electron chi connectivity index (χ0n) is 12.0. The van der Waals surface area contributed by atoms with Crippen molar-refractivity contribution in [2.24, 2.45) is 13.0 Å². The van der Waals surface area contributed by atoms with Gasteiger partial charge in [0.2, 0.25) is 0 Å². The van der Waals surface area contributed by atoms with Crippen LogP contribution in [0.2, 0.25) is 0 Å². The lowest BCUT2D eigenvalue weighted by Crippen LogP contribution is -2.19. The number of nitrogens with zero attached hydrogens (tertiary/aromatic N) is 1. The van der Waals surface area contributed by atoms with Gasteiger partial charge in [-0.25, -0.2) is 0 Å². The van der Waals surface area contributed by atoms with Gasteiger partial charge in [0.15, 0.2) is 0 Å². The van der Waals surface area contributed by atoms with E-state index in [1.807, 2.05) is 6.07 Å². The molecule has 2 nitrogen and oxygen atoms in total. The van der Waals surface area contributed by atoms with Gasteiger partial charge in [-0.05, 0) is 36.1 Å². The fourth-order valence-electron chi connectivity index (χ4n) is 4.43. The monoisotopic (exact) mass is 275 g/mol. The lowest BCUT2D eigenvalue weighted by molar-refractivity contribution is 0.406. The molecule has 3 atom stereocenters. The molecule has 3 unspecified atom stereocenters. The highest BCUT2D eigenvalue weighted by Gasteiger charge is 2.41. The van der Waals surface area contributed by atoms with E-state index in [4.69, 9.17) is 4.42 Å². The standard InChI is InChI=1S/C19H17NO/c1-20-15-6-3-2-5-14(15)18-17(16-7-4-10-21-16)12-8-9-13(11-12)19(18)20/h2-10,12-13,17H,11H2,1H3. The Morgan fingerprint density at radius 1 is 1.10 bits per heavy atom. The van der Waals surface area contributed by atoms with Crippen LogP contribution in [0.4, 0.5) is 0 Å². The lowest BCUT2D eigenvalue weighted by atomic mass is 9.75. The van der Waals surface area contributed by atoms with E-state index in [-0.39, 0.29) is 0 Å². The van der Waals surface area contributed by atoms with Crippen LogP contribution in [-0.2, 0) is 7.05 Å². The Balaban J connectivity index is 1.89.